The normalized spacial score (nSPS) is 11.6. The van der Waals surface area contributed by atoms with Crippen molar-refractivity contribution in [3.05, 3.63) is 94.6 Å². The van der Waals surface area contributed by atoms with Gasteiger partial charge in [-0.2, -0.15) is 0 Å². The van der Waals surface area contributed by atoms with E-state index in [2.05, 4.69) is 0 Å². The molecule has 0 heterocycles. The number of methoxy groups -OCH3 is 2. The van der Waals surface area contributed by atoms with Crippen LogP contribution in [0.15, 0.2) is 72.3 Å². The monoisotopic (exact) mass is 546 g/mol. The van der Waals surface area contributed by atoms with Gasteiger partial charge in [0.2, 0.25) is 5.75 Å². The molecular weight excluding hydrogens is 516 g/mol. The molecule has 0 bridgehead atoms. The number of carbonyl (C=O) groups excluding carboxylic acids is 2. The summed E-state index contributed by atoms with van der Waals surface area (Å²) in [7, 11) is 2.80. The number of carbonyl (C=O) groups is 2. The summed E-state index contributed by atoms with van der Waals surface area (Å²) < 4.78 is 15.4. The van der Waals surface area contributed by atoms with Crippen molar-refractivity contribution in [1.29, 1.82) is 0 Å². The van der Waals surface area contributed by atoms with Crippen LogP contribution in [-0.4, -0.2) is 53.0 Å². The summed E-state index contributed by atoms with van der Waals surface area (Å²) in [6.07, 6.45) is 7.31. The van der Waals surface area contributed by atoms with Crippen LogP contribution in [0.1, 0.15) is 34.0 Å². The van der Waals surface area contributed by atoms with E-state index in [0.29, 0.717) is 16.7 Å². The summed E-state index contributed by atoms with van der Waals surface area (Å²) in [5.41, 5.74) is 2.07. The van der Waals surface area contributed by atoms with E-state index in [1.54, 1.807) is 31.2 Å². The Morgan fingerprint density at radius 3 is 2.05 bits per heavy atom. The maximum absolute atomic E-state index is 12.7. The summed E-state index contributed by atoms with van der Waals surface area (Å²) in [6.45, 7) is 1.68. The number of ether oxygens (including phenoxy) is 3. The number of hydrogen-bond donors (Lipinski definition) is 4. The molecule has 0 saturated heterocycles. The zero-order valence-electron chi connectivity index (χ0n) is 22.2. The molecule has 0 spiro atoms. The Morgan fingerprint density at radius 1 is 0.800 bits per heavy atom. The molecule has 0 atom stereocenters. The van der Waals surface area contributed by atoms with E-state index in [0.717, 1.165) is 0 Å². The number of benzene rings is 3. The molecule has 9 heteroatoms. The fourth-order valence-corrected chi connectivity index (χ4v) is 3.62. The molecule has 0 aliphatic rings. The summed E-state index contributed by atoms with van der Waals surface area (Å²) in [6, 6.07) is 12.0. The molecule has 40 heavy (non-hydrogen) atoms. The number of phenols is 4. The molecular formula is C31H30O9. The van der Waals surface area contributed by atoms with E-state index in [-0.39, 0.29) is 58.7 Å². The average molecular weight is 547 g/mol. The van der Waals surface area contributed by atoms with Crippen molar-refractivity contribution in [2.45, 2.75) is 13.3 Å². The Labute approximate surface area is 231 Å². The van der Waals surface area contributed by atoms with E-state index < -0.39 is 11.8 Å². The quantitative estimate of drug-likeness (QED) is 0.111. The van der Waals surface area contributed by atoms with Crippen molar-refractivity contribution in [1.82, 2.24) is 0 Å². The zero-order valence-corrected chi connectivity index (χ0v) is 22.2. The summed E-state index contributed by atoms with van der Waals surface area (Å²) >= 11 is 0. The van der Waals surface area contributed by atoms with Gasteiger partial charge >= 0.3 is 5.97 Å². The first-order valence-corrected chi connectivity index (χ1v) is 12.1. The number of aromatic hydroxyl groups is 4. The van der Waals surface area contributed by atoms with Crippen molar-refractivity contribution in [2.24, 2.45) is 0 Å². The predicted octanol–water partition coefficient (Wildman–Crippen LogP) is 5.17. The third-order valence-electron chi connectivity index (χ3n) is 5.85. The Morgan fingerprint density at radius 2 is 1.43 bits per heavy atom. The largest absolute Gasteiger partial charge is 0.508 e. The van der Waals surface area contributed by atoms with E-state index in [1.807, 2.05) is 0 Å². The minimum atomic E-state index is -0.613. The zero-order chi connectivity index (χ0) is 29.2. The van der Waals surface area contributed by atoms with E-state index in [1.165, 1.54) is 68.8 Å². The highest BCUT2D eigenvalue weighted by Crippen LogP contribution is 2.37. The van der Waals surface area contributed by atoms with Gasteiger partial charge in [0.1, 0.15) is 23.9 Å². The first-order valence-electron chi connectivity index (χ1n) is 12.1. The number of rotatable bonds is 11. The predicted molar refractivity (Wildman–Crippen MR) is 150 cm³/mol. The van der Waals surface area contributed by atoms with Gasteiger partial charge in [0, 0.05) is 11.6 Å². The Bertz CT molecular complexity index is 1440. The fraction of sp³-hybridized carbons (Fsp3) is 0.161. The second-order valence-electron chi connectivity index (χ2n) is 8.72. The first-order chi connectivity index (χ1) is 19.1. The molecule has 3 rings (SSSR count). The number of ketones is 1. The Balaban J connectivity index is 1.63. The van der Waals surface area contributed by atoms with E-state index in [9.17, 15) is 30.0 Å². The minimum absolute atomic E-state index is 0.0212. The van der Waals surface area contributed by atoms with Gasteiger partial charge in [-0.25, -0.2) is 4.79 Å². The van der Waals surface area contributed by atoms with Gasteiger partial charge < -0.3 is 34.6 Å². The van der Waals surface area contributed by atoms with E-state index in [4.69, 9.17) is 14.2 Å². The second-order valence-corrected chi connectivity index (χ2v) is 8.72. The standard InChI is InChI=1S/C31H30O9/c1-19(18-40-29(35)15-8-21-16-27(38-2)31(37)28(17-21)39-3)4-11-23-26(34)14-12-24(30(23)36)25(33)13-7-20-5-9-22(32)10-6-20/h4-10,12-17,32,34,36-37H,11,18H2,1-3H3/b13-7+,15-8+,19-4-. The van der Waals surface area contributed by atoms with Crippen molar-refractivity contribution >= 4 is 23.9 Å². The van der Waals surface area contributed by atoms with Gasteiger partial charge in [-0.15, -0.1) is 0 Å². The highest BCUT2D eigenvalue weighted by molar-refractivity contribution is 6.09. The minimum Gasteiger partial charge on any atom is -0.508 e. The van der Waals surface area contributed by atoms with Gasteiger partial charge in [0.25, 0.3) is 0 Å². The van der Waals surface area contributed by atoms with Crippen molar-refractivity contribution < 1.29 is 44.2 Å². The molecule has 0 aliphatic carbocycles. The fourth-order valence-electron chi connectivity index (χ4n) is 3.62. The molecule has 0 aliphatic heterocycles. The number of phenolic OH excluding ortho intramolecular Hbond substituents is 4. The number of allylic oxidation sites excluding steroid dienone is 2. The lowest BCUT2D eigenvalue weighted by molar-refractivity contribution is -0.136. The van der Waals surface area contributed by atoms with Crippen LogP contribution in [0.4, 0.5) is 0 Å². The van der Waals surface area contributed by atoms with Crippen molar-refractivity contribution in [2.75, 3.05) is 20.8 Å². The van der Waals surface area contributed by atoms with Gasteiger partial charge in [0.15, 0.2) is 17.3 Å². The molecule has 0 amide bonds. The third kappa shape index (κ3) is 7.67. The smallest absolute Gasteiger partial charge is 0.331 e. The molecule has 208 valence electrons. The molecule has 0 radical (unpaired) electrons. The summed E-state index contributed by atoms with van der Waals surface area (Å²) in [4.78, 5) is 24.8. The third-order valence-corrected chi connectivity index (χ3v) is 5.85. The van der Waals surface area contributed by atoms with Crippen LogP contribution in [0.25, 0.3) is 12.2 Å². The lowest BCUT2D eigenvalue weighted by Gasteiger charge is -2.10. The van der Waals surface area contributed by atoms with Crippen LogP contribution in [0.3, 0.4) is 0 Å². The summed E-state index contributed by atoms with van der Waals surface area (Å²) in [5, 5.41) is 40.3. The van der Waals surface area contributed by atoms with Gasteiger partial charge in [-0.3, -0.25) is 4.79 Å². The molecule has 9 nitrogen and oxygen atoms in total. The highest BCUT2D eigenvalue weighted by atomic mass is 16.5. The van der Waals surface area contributed by atoms with Crippen LogP contribution in [0.2, 0.25) is 0 Å². The molecule has 0 fully saturated rings. The average Bonchev–Trinajstić information content (AvgIpc) is 2.94. The van der Waals surface area contributed by atoms with Crippen LogP contribution >= 0.6 is 0 Å². The highest BCUT2D eigenvalue weighted by Gasteiger charge is 2.16. The van der Waals surface area contributed by atoms with E-state index >= 15 is 0 Å². The Kier molecular flexibility index (Phi) is 9.96. The van der Waals surface area contributed by atoms with Crippen LogP contribution in [-0.2, 0) is 16.0 Å². The summed E-state index contributed by atoms with van der Waals surface area (Å²) in [5.74, 6) is -1.26. The van der Waals surface area contributed by atoms with Crippen LogP contribution < -0.4 is 9.47 Å². The topological polar surface area (TPSA) is 143 Å². The second kappa shape index (κ2) is 13.6. The lowest BCUT2D eigenvalue weighted by atomic mass is 10.0. The molecule has 0 aromatic heterocycles. The van der Waals surface area contributed by atoms with Crippen molar-refractivity contribution in [3.8, 4) is 34.5 Å². The first kappa shape index (κ1) is 29.4. The van der Waals surface area contributed by atoms with Crippen molar-refractivity contribution in [3.63, 3.8) is 0 Å². The van der Waals surface area contributed by atoms with Crippen LogP contribution in [0, 0.1) is 0 Å². The molecule has 0 saturated carbocycles. The molecule has 3 aromatic carbocycles. The SMILES string of the molecule is COc1cc(/C=C/C(=O)OC/C(C)=C\Cc2c(O)ccc(C(=O)/C=C/c3ccc(O)cc3)c2O)cc(OC)c1O. The maximum atomic E-state index is 12.7. The number of hydrogen-bond acceptors (Lipinski definition) is 9. The number of esters is 1. The van der Waals surface area contributed by atoms with Gasteiger partial charge in [0.05, 0.1) is 19.8 Å². The lowest BCUT2D eigenvalue weighted by Crippen LogP contribution is -2.04. The molecule has 3 aromatic rings. The maximum Gasteiger partial charge on any atom is 0.331 e. The molecule has 0 unspecified atom stereocenters. The van der Waals surface area contributed by atoms with Gasteiger partial charge in [-0.1, -0.05) is 24.3 Å². The van der Waals surface area contributed by atoms with Crippen LogP contribution in [0.5, 0.6) is 34.5 Å². The van der Waals surface area contributed by atoms with Gasteiger partial charge in [-0.05, 0) is 78.6 Å². The Hall–Kier alpha value is -5.18. The molecule has 4 N–H and O–H groups in total.